The second-order valence-corrected chi connectivity index (χ2v) is 8.51. The third-order valence-electron chi connectivity index (χ3n) is 4.80. The van der Waals surface area contributed by atoms with Crippen molar-refractivity contribution in [1.29, 1.82) is 0 Å². The molecule has 0 radical (unpaired) electrons. The normalized spacial score (nSPS) is 10.6. The van der Waals surface area contributed by atoms with Crippen LogP contribution in [-0.2, 0) is 17.8 Å². The molecule has 0 spiro atoms. The van der Waals surface area contributed by atoms with E-state index in [9.17, 15) is 9.59 Å². The summed E-state index contributed by atoms with van der Waals surface area (Å²) in [5, 5.41) is 11.2. The van der Waals surface area contributed by atoms with E-state index in [0.717, 1.165) is 27.6 Å². The van der Waals surface area contributed by atoms with Gasteiger partial charge >= 0.3 is 6.03 Å². The molecule has 8 heteroatoms. The first-order valence-electron chi connectivity index (χ1n) is 10.5. The lowest BCUT2D eigenvalue weighted by atomic mass is 10.2. The van der Waals surface area contributed by atoms with Gasteiger partial charge in [0.2, 0.25) is 5.91 Å². The number of aromatic nitrogens is 1. The minimum Gasteiger partial charge on any atom is -0.459 e. The van der Waals surface area contributed by atoms with Crippen LogP contribution < -0.4 is 16.0 Å². The lowest BCUT2D eigenvalue weighted by Gasteiger charge is -2.10. The van der Waals surface area contributed by atoms with E-state index >= 15 is 0 Å². The van der Waals surface area contributed by atoms with Crippen LogP contribution in [0.15, 0.2) is 70.5 Å². The Kier molecular flexibility index (Phi) is 6.85. The number of furan rings is 1. The fraction of sp³-hybridized carbons (Fsp3) is 0.160. The lowest BCUT2D eigenvalue weighted by molar-refractivity contribution is -0.120. The lowest BCUT2D eigenvalue weighted by Crippen LogP contribution is -2.25. The topological polar surface area (TPSA) is 96.3 Å². The van der Waals surface area contributed by atoms with Gasteiger partial charge in [-0.1, -0.05) is 24.3 Å². The van der Waals surface area contributed by atoms with Crippen LogP contribution >= 0.6 is 11.3 Å². The number of amides is 3. The largest absolute Gasteiger partial charge is 0.459 e. The van der Waals surface area contributed by atoms with Gasteiger partial charge in [0.1, 0.15) is 5.76 Å². The van der Waals surface area contributed by atoms with E-state index in [1.165, 1.54) is 11.3 Å². The van der Waals surface area contributed by atoms with Gasteiger partial charge in [-0.3, -0.25) is 4.79 Å². The Morgan fingerprint density at radius 1 is 0.970 bits per heavy atom. The van der Waals surface area contributed by atoms with Gasteiger partial charge in [0.15, 0.2) is 10.8 Å². The number of hydrogen-bond acceptors (Lipinski definition) is 5. The van der Waals surface area contributed by atoms with Gasteiger partial charge in [-0.2, -0.15) is 0 Å². The number of benzene rings is 2. The summed E-state index contributed by atoms with van der Waals surface area (Å²) in [7, 11) is 0. The molecule has 0 aliphatic rings. The minimum absolute atomic E-state index is 0.127. The van der Waals surface area contributed by atoms with Crippen LogP contribution in [0.25, 0.3) is 10.8 Å². The zero-order chi connectivity index (χ0) is 23.2. The van der Waals surface area contributed by atoms with Crippen molar-refractivity contribution in [3.05, 3.63) is 88.6 Å². The quantitative estimate of drug-likeness (QED) is 0.338. The molecular weight excluding hydrogens is 436 g/mol. The summed E-state index contributed by atoms with van der Waals surface area (Å²) in [6, 6.07) is 18.4. The van der Waals surface area contributed by atoms with E-state index in [-0.39, 0.29) is 18.4 Å². The Morgan fingerprint density at radius 3 is 2.45 bits per heavy atom. The van der Waals surface area contributed by atoms with Crippen molar-refractivity contribution >= 4 is 34.6 Å². The van der Waals surface area contributed by atoms with Crippen molar-refractivity contribution in [2.75, 3.05) is 10.6 Å². The van der Waals surface area contributed by atoms with Gasteiger partial charge in [0.05, 0.1) is 12.1 Å². The molecule has 4 rings (SSSR count). The van der Waals surface area contributed by atoms with Crippen LogP contribution in [0, 0.1) is 13.8 Å². The molecule has 2 heterocycles. The summed E-state index contributed by atoms with van der Waals surface area (Å²) in [5.41, 5.74) is 4.01. The predicted molar refractivity (Wildman–Crippen MR) is 130 cm³/mol. The average Bonchev–Trinajstić information content (AvgIpc) is 3.41. The highest BCUT2D eigenvalue weighted by Crippen LogP contribution is 2.25. The highest BCUT2D eigenvalue weighted by atomic mass is 32.1. The zero-order valence-corrected chi connectivity index (χ0v) is 19.2. The standard InChI is InChI=1S/C25H24N4O3S/c1-16-5-3-7-19(11-16)28-25(31)29-20-8-4-6-18(12-20)14-26-23(30)13-21-15-33-24(27-21)22-10-9-17(2)32-22/h3-12,15H,13-14H2,1-2H3,(H,26,30)(H2,28,29,31). The Morgan fingerprint density at radius 2 is 1.73 bits per heavy atom. The maximum absolute atomic E-state index is 12.4. The maximum atomic E-state index is 12.4. The zero-order valence-electron chi connectivity index (χ0n) is 18.3. The minimum atomic E-state index is -0.326. The molecular formula is C25H24N4O3S. The van der Waals surface area contributed by atoms with Crippen molar-refractivity contribution < 1.29 is 14.0 Å². The second kappa shape index (κ2) is 10.1. The van der Waals surface area contributed by atoms with E-state index in [2.05, 4.69) is 20.9 Å². The summed E-state index contributed by atoms with van der Waals surface area (Å²) >= 11 is 1.45. The first-order valence-corrected chi connectivity index (χ1v) is 11.3. The fourth-order valence-corrected chi connectivity index (χ4v) is 4.03. The summed E-state index contributed by atoms with van der Waals surface area (Å²) in [6.45, 7) is 4.20. The number of anilines is 2. The van der Waals surface area contributed by atoms with E-state index < -0.39 is 0 Å². The monoisotopic (exact) mass is 460 g/mol. The molecule has 0 fully saturated rings. The van der Waals surface area contributed by atoms with E-state index in [1.807, 2.05) is 73.8 Å². The number of nitrogens with zero attached hydrogens (tertiary/aromatic N) is 1. The number of carbonyl (C=O) groups excluding carboxylic acids is 2. The number of urea groups is 1. The van der Waals surface area contributed by atoms with E-state index in [0.29, 0.717) is 23.7 Å². The van der Waals surface area contributed by atoms with Gasteiger partial charge < -0.3 is 20.4 Å². The smallest absolute Gasteiger partial charge is 0.323 e. The Bertz CT molecular complexity index is 1280. The SMILES string of the molecule is Cc1cccc(NC(=O)Nc2cccc(CNC(=O)Cc3csc(-c4ccc(C)o4)n3)c2)c1. The number of thiazole rings is 1. The van der Waals surface area contributed by atoms with Crippen LogP contribution in [0.2, 0.25) is 0 Å². The molecule has 3 amide bonds. The van der Waals surface area contributed by atoms with Crippen molar-refractivity contribution in [3.63, 3.8) is 0 Å². The number of aryl methyl sites for hydroxylation is 2. The van der Waals surface area contributed by atoms with Gasteiger partial charge in [-0.25, -0.2) is 9.78 Å². The van der Waals surface area contributed by atoms with Gasteiger partial charge in [-0.15, -0.1) is 11.3 Å². The molecule has 0 unspecified atom stereocenters. The average molecular weight is 461 g/mol. The van der Waals surface area contributed by atoms with Crippen LogP contribution in [0.3, 0.4) is 0 Å². The van der Waals surface area contributed by atoms with Crippen LogP contribution in [0.4, 0.5) is 16.2 Å². The third-order valence-corrected chi connectivity index (χ3v) is 5.70. The summed E-state index contributed by atoms with van der Waals surface area (Å²) in [5.74, 6) is 1.40. The molecule has 0 bridgehead atoms. The maximum Gasteiger partial charge on any atom is 0.323 e. The Hall–Kier alpha value is -3.91. The molecule has 0 aliphatic heterocycles. The van der Waals surface area contributed by atoms with Crippen LogP contribution in [-0.4, -0.2) is 16.9 Å². The Labute approximate surface area is 195 Å². The fourth-order valence-electron chi connectivity index (χ4n) is 3.25. The molecule has 0 aliphatic carbocycles. The summed E-state index contributed by atoms with van der Waals surface area (Å²) in [6.07, 6.45) is 0.188. The highest BCUT2D eigenvalue weighted by Gasteiger charge is 2.11. The van der Waals surface area contributed by atoms with Crippen molar-refractivity contribution in [2.45, 2.75) is 26.8 Å². The second-order valence-electron chi connectivity index (χ2n) is 7.66. The van der Waals surface area contributed by atoms with Crippen molar-refractivity contribution in [3.8, 4) is 10.8 Å². The van der Waals surface area contributed by atoms with Crippen molar-refractivity contribution in [2.24, 2.45) is 0 Å². The molecule has 168 valence electrons. The number of nitrogens with one attached hydrogen (secondary N) is 3. The van der Waals surface area contributed by atoms with Gasteiger partial charge in [0, 0.05) is 23.3 Å². The van der Waals surface area contributed by atoms with E-state index in [4.69, 9.17) is 4.42 Å². The Balaban J connectivity index is 1.28. The third kappa shape index (κ3) is 6.30. The predicted octanol–water partition coefficient (Wildman–Crippen LogP) is 5.52. The first kappa shape index (κ1) is 22.3. The van der Waals surface area contributed by atoms with Gasteiger partial charge in [0.25, 0.3) is 0 Å². The molecule has 4 aromatic rings. The molecule has 0 saturated carbocycles. The van der Waals surface area contributed by atoms with Gasteiger partial charge in [-0.05, 0) is 61.4 Å². The van der Waals surface area contributed by atoms with Crippen LogP contribution in [0.5, 0.6) is 0 Å². The molecule has 2 aromatic heterocycles. The van der Waals surface area contributed by atoms with E-state index in [1.54, 1.807) is 6.07 Å². The number of rotatable bonds is 7. The highest BCUT2D eigenvalue weighted by molar-refractivity contribution is 7.13. The molecule has 2 aromatic carbocycles. The number of hydrogen-bond donors (Lipinski definition) is 3. The summed E-state index contributed by atoms with van der Waals surface area (Å²) in [4.78, 5) is 29.1. The molecule has 33 heavy (non-hydrogen) atoms. The molecule has 7 nitrogen and oxygen atoms in total. The molecule has 0 atom stereocenters. The number of carbonyl (C=O) groups is 2. The van der Waals surface area contributed by atoms with Crippen molar-refractivity contribution in [1.82, 2.24) is 10.3 Å². The van der Waals surface area contributed by atoms with Crippen LogP contribution in [0.1, 0.15) is 22.6 Å². The molecule has 3 N–H and O–H groups in total. The first-order chi connectivity index (χ1) is 15.9. The summed E-state index contributed by atoms with van der Waals surface area (Å²) < 4.78 is 5.58. The molecule has 0 saturated heterocycles.